The molecule has 0 radical (unpaired) electrons. The molecule has 3 saturated heterocycles. The van der Waals surface area contributed by atoms with Gasteiger partial charge < -0.3 is 19.3 Å². The van der Waals surface area contributed by atoms with Crippen molar-refractivity contribution in [2.75, 3.05) is 13.7 Å². The van der Waals surface area contributed by atoms with Crippen molar-refractivity contribution in [1.82, 2.24) is 0 Å². The molecule has 23 heavy (non-hydrogen) atoms. The SMILES string of the molecule is CO[C@@]12CC[C@]3(CO1)[C@@H]1CCC[C@H](O)[C@H]1C[C@H]1OC(=O)[C@@]2(C)[C@H]13. The highest BCUT2D eigenvalue weighted by Crippen LogP contribution is 2.73. The molecule has 0 aromatic rings. The van der Waals surface area contributed by atoms with E-state index in [1.807, 2.05) is 6.92 Å². The van der Waals surface area contributed by atoms with Gasteiger partial charge in [0.25, 0.3) is 0 Å². The minimum absolute atomic E-state index is 0.0316. The molecule has 3 aliphatic carbocycles. The highest BCUT2D eigenvalue weighted by molar-refractivity contribution is 5.81. The Morgan fingerprint density at radius 3 is 2.83 bits per heavy atom. The number of methoxy groups -OCH3 is 1. The topological polar surface area (TPSA) is 65.0 Å². The molecule has 5 nitrogen and oxygen atoms in total. The Morgan fingerprint density at radius 2 is 2.13 bits per heavy atom. The van der Waals surface area contributed by atoms with Crippen LogP contribution in [0.5, 0.6) is 0 Å². The van der Waals surface area contributed by atoms with E-state index in [2.05, 4.69) is 0 Å². The maximum absolute atomic E-state index is 12.9. The molecule has 1 N–H and O–H groups in total. The summed E-state index contributed by atoms with van der Waals surface area (Å²) in [6, 6.07) is 0. The molecule has 3 aliphatic heterocycles. The highest BCUT2D eigenvalue weighted by atomic mass is 16.7. The van der Waals surface area contributed by atoms with Crippen molar-refractivity contribution in [1.29, 1.82) is 0 Å². The summed E-state index contributed by atoms with van der Waals surface area (Å²) in [5.74, 6) is -0.137. The van der Waals surface area contributed by atoms with Crippen LogP contribution in [0.3, 0.4) is 0 Å². The molecule has 0 aromatic carbocycles. The minimum Gasteiger partial charge on any atom is -0.461 e. The highest BCUT2D eigenvalue weighted by Gasteiger charge is 2.80. The van der Waals surface area contributed by atoms with Crippen LogP contribution in [0.1, 0.15) is 45.4 Å². The van der Waals surface area contributed by atoms with E-state index in [0.717, 1.165) is 38.5 Å². The summed E-state index contributed by atoms with van der Waals surface area (Å²) in [6.07, 6.45) is 5.31. The van der Waals surface area contributed by atoms with E-state index in [4.69, 9.17) is 14.2 Å². The van der Waals surface area contributed by atoms with Gasteiger partial charge in [0.2, 0.25) is 0 Å². The van der Waals surface area contributed by atoms with Gasteiger partial charge in [0.15, 0.2) is 5.79 Å². The van der Waals surface area contributed by atoms with Crippen LogP contribution in [0.4, 0.5) is 0 Å². The largest absolute Gasteiger partial charge is 0.461 e. The summed E-state index contributed by atoms with van der Waals surface area (Å²) in [6.45, 7) is 2.64. The maximum Gasteiger partial charge on any atom is 0.318 e. The van der Waals surface area contributed by atoms with E-state index in [0.29, 0.717) is 12.5 Å². The predicted molar refractivity (Wildman–Crippen MR) is 80.3 cm³/mol. The third-order valence-electron chi connectivity index (χ3n) is 8.18. The Morgan fingerprint density at radius 1 is 1.30 bits per heavy atom. The molecule has 0 unspecified atom stereocenters. The lowest BCUT2D eigenvalue weighted by Gasteiger charge is -2.68. The minimum atomic E-state index is -0.828. The first-order chi connectivity index (χ1) is 11.0. The fourth-order valence-electron chi connectivity index (χ4n) is 7.24. The molecule has 6 rings (SSSR count). The monoisotopic (exact) mass is 322 g/mol. The average Bonchev–Trinajstić information content (AvgIpc) is 2.83. The van der Waals surface area contributed by atoms with Crippen LogP contribution < -0.4 is 0 Å². The van der Waals surface area contributed by atoms with Crippen molar-refractivity contribution < 1.29 is 24.1 Å². The molecule has 6 fully saturated rings. The van der Waals surface area contributed by atoms with Crippen LogP contribution in [0, 0.1) is 28.6 Å². The van der Waals surface area contributed by atoms with E-state index in [1.54, 1.807) is 7.11 Å². The van der Waals surface area contributed by atoms with Crippen molar-refractivity contribution >= 4 is 5.97 Å². The standard InChI is InChI=1S/C18H26O5/c1-16-14-13(23-15(16)20)8-10-11(4-3-5-12(10)19)17(14)6-7-18(16,21-2)22-9-17/h10-14,19H,3-9H2,1-2H3/t10-,11+,12-,13+,14-,16+,17-,18-/m0/s1. The number of fused-ring (bicyclic) bond motifs is 3. The van der Waals surface area contributed by atoms with E-state index in [1.165, 1.54) is 0 Å². The zero-order valence-electron chi connectivity index (χ0n) is 13.9. The molecular formula is C18H26O5. The first-order valence-corrected chi connectivity index (χ1v) is 9.07. The predicted octanol–water partition coefficient (Wildman–Crippen LogP) is 1.87. The maximum atomic E-state index is 12.9. The number of rotatable bonds is 1. The summed E-state index contributed by atoms with van der Waals surface area (Å²) in [7, 11) is 1.65. The molecule has 128 valence electrons. The van der Waals surface area contributed by atoms with Crippen molar-refractivity contribution in [2.45, 2.75) is 63.4 Å². The van der Waals surface area contributed by atoms with E-state index in [-0.39, 0.29) is 35.4 Å². The third-order valence-corrected chi connectivity index (χ3v) is 8.18. The quantitative estimate of drug-likeness (QED) is 0.747. The van der Waals surface area contributed by atoms with Gasteiger partial charge in [-0.1, -0.05) is 6.42 Å². The summed E-state index contributed by atoms with van der Waals surface area (Å²) < 4.78 is 17.9. The average molecular weight is 322 g/mol. The molecule has 5 heteroatoms. The van der Waals surface area contributed by atoms with Gasteiger partial charge in [-0.05, 0) is 44.4 Å². The second kappa shape index (κ2) is 4.30. The summed E-state index contributed by atoms with van der Waals surface area (Å²) in [5.41, 5.74) is -0.744. The van der Waals surface area contributed by atoms with Gasteiger partial charge in [0.05, 0.1) is 12.7 Å². The summed E-state index contributed by atoms with van der Waals surface area (Å²) in [5, 5.41) is 10.6. The Bertz CT molecular complexity index is 552. The zero-order valence-corrected chi connectivity index (χ0v) is 13.9. The Kier molecular flexibility index (Phi) is 2.74. The van der Waals surface area contributed by atoms with Gasteiger partial charge in [0, 0.05) is 24.9 Å². The number of hydrogen-bond acceptors (Lipinski definition) is 5. The number of aliphatic hydroxyl groups is 1. The second-order valence-electron chi connectivity index (χ2n) is 8.61. The molecule has 8 atom stereocenters. The molecule has 2 bridgehead atoms. The first kappa shape index (κ1) is 14.7. The fourth-order valence-corrected chi connectivity index (χ4v) is 7.24. The van der Waals surface area contributed by atoms with Gasteiger partial charge in [-0.3, -0.25) is 4.79 Å². The van der Waals surface area contributed by atoms with Crippen LogP contribution in [0.15, 0.2) is 0 Å². The molecule has 0 aromatic heterocycles. The zero-order chi connectivity index (χ0) is 16.0. The van der Waals surface area contributed by atoms with Gasteiger partial charge in [-0.25, -0.2) is 0 Å². The number of carbonyl (C=O) groups excluding carboxylic acids is 1. The Balaban J connectivity index is 1.67. The van der Waals surface area contributed by atoms with E-state index < -0.39 is 11.2 Å². The summed E-state index contributed by atoms with van der Waals surface area (Å²) in [4.78, 5) is 12.9. The number of ether oxygens (including phenoxy) is 3. The van der Waals surface area contributed by atoms with E-state index >= 15 is 0 Å². The fraction of sp³-hybridized carbons (Fsp3) is 0.944. The number of esters is 1. The number of hydrogen-bond donors (Lipinski definition) is 1. The Labute approximate surface area is 136 Å². The summed E-state index contributed by atoms with van der Waals surface area (Å²) >= 11 is 0. The molecule has 0 amide bonds. The normalized spacial score (nSPS) is 60.1. The van der Waals surface area contributed by atoms with Gasteiger partial charge in [-0.15, -0.1) is 0 Å². The van der Waals surface area contributed by atoms with Gasteiger partial charge >= 0.3 is 5.97 Å². The van der Waals surface area contributed by atoms with Crippen LogP contribution >= 0.6 is 0 Å². The van der Waals surface area contributed by atoms with Crippen LogP contribution in [-0.2, 0) is 19.0 Å². The van der Waals surface area contributed by atoms with Gasteiger partial charge in [-0.2, -0.15) is 0 Å². The third kappa shape index (κ3) is 1.41. The van der Waals surface area contributed by atoms with E-state index in [9.17, 15) is 9.90 Å². The Hall–Kier alpha value is -0.650. The first-order valence-electron chi connectivity index (χ1n) is 9.07. The number of carbonyl (C=O) groups is 1. The molecule has 3 heterocycles. The van der Waals surface area contributed by atoms with Crippen molar-refractivity contribution in [2.24, 2.45) is 28.6 Å². The smallest absolute Gasteiger partial charge is 0.318 e. The lowest BCUT2D eigenvalue weighted by atomic mass is 9.41. The van der Waals surface area contributed by atoms with Crippen molar-refractivity contribution in [3.63, 3.8) is 0 Å². The van der Waals surface area contributed by atoms with Crippen molar-refractivity contribution in [3.8, 4) is 0 Å². The van der Waals surface area contributed by atoms with Gasteiger partial charge in [0.1, 0.15) is 11.5 Å². The molecule has 3 saturated carbocycles. The van der Waals surface area contributed by atoms with Crippen LogP contribution in [-0.4, -0.2) is 42.8 Å². The number of aliphatic hydroxyl groups excluding tert-OH is 1. The van der Waals surface area contributed by atoms with Crippen LogP contribution in [0.25, 0.3) is 0 Å². The van der Waals surface area contributed by atoms with Crippen molar-refractivity contribution in [3.05, 3.63) is 0 Å². The lowest BCUT2D eigenvalue weighted by molar-refractivity contribution is -0.386. The lowest BCUT2D eigenvalue weighted by Crippen LogP contribution is -2.73. The van der Waals surface area contributed by atoms with Crippen LogP contribution in [0.2, 0.25) is 0 Å². The second-order valence-corrected chi connectivity index (χ2v) is 8.61. The molecule has 1 spiro atoms. The molecule has 6 aliphatic rings. The molecular weight excluding hydrogens is 296 g/mol.